The van der Waals surface area contributed by atoms with Crippen LogP contribution in [0.15, 0.2) is 188 Å². The van der Waals surface area contributed by atoms with E-state index in [1.165, 1.54) is 0 Å². The molecule has 10 rings (SSSR count). The molecule has 0 aliphatic rings. The van der Waals surface area contributed by atoms with Crippen molar-refractivity contribution in [2.75, 3.05) is 0 Å². The predicted octanol–water partition coefficient (Wildman–Crippen LogP) is 10.9. The Morgan fingerprint density at radius 3 is 1.41 bits per heavy atom. The molecule has 10 aromatic rings. The highest BCUT2D eigenvalue weighted by atomic mass is 15.3. The summed E-state index contributed by atoms with van der Waals surface area (Å²) >= 11 is 0. The van der Waals surface area contributed by atoms with Gasteiger partial charge in [0.05, 0.1) is 11.2 Å². The van der Waals surface area contributed by atoms with Gasteiger partial charge in [0.1, 0.15) is 22.4 Å². The molecule has 4 aromatic heterocycles. The molecule has 0 radical (unpaired) electrons. The number of imidazole rings is 1. The lowest BCUT2D eigenvalue weighted by molar-refractivity contribution is 1.07. The molecule has 0 saturated carbocycles. The van der Waals surface area contributed by atoms with Crippen molar-refractivity contribution in [1.29, 1.82) is 0 Å². The van der Waals surface area contributed by atoms with Crippen molar-refractivity contribution in [2.24, 2.45) is 0 Å². The lowest BCUT2D eigenvalue weighted by atomic mass is 10.0. The molecule has 0 bridgehead atoms. The third kappa shape index (κ3) is 5.43. The summed E-state index contributed by atoms with van der Waals surface area (Å²) in [4.78, 5) is 15.2. The zero-order valence-corrected chi connectivity index (χ0v) is 29.0. The number of hydrogen-bond donors (Lipinski definition) is 0. The topological polar surface area (TPSA) is 74.3 Å². The Bertz CT molecular complexity index is 2830. The van der Waals surface area contributed by atoms with Gasteiger partial charge in [-0.3, -0.25) is 14.1 Å². The molecular weight excluding hydrogens is 663 g/mol. The molecule has 6 aromatic carbocycles. The van der Waals surface area contributed by atoms with Crippen molar-refractivity contribution >= 4 is 22.1 Å². The van der Waals surface area contributed by atoms with E-state index >= 15 is 0 Å². The van der Waals surface area contributed by atoms with Crippen LogP contribution in [0.4, 0.5) is 0 Å². The first kappa shape index (κ1) is 31.2. The van der Waals surface area contributed by atoms with Crippen molar-refractivity contribution < 1.29 is 0 Å². The first-order valence-electron chi connectivity index (χ1n) is 17.9. The molecule has 0 N–H and O–H groups in total. The van der Waals surface area contributed by atoms with Gasteiger partial charge in [0.2, 0.25) is 0 Å². The summed E-state index contributed by atoms with van der Waals surface area (Å²) < 4.78 is 4.35. The van der Waals surface area contributed by atoms with Gasteiger partial charge in [-0.05, 0) is 47.5 Å². The highest BCUT2D eigenvalue weighted by Gasteiger charge is 2.23. The maximum Gasteiger partial charge on any atom is 0.168 e. The standard InChI is InChI=1S/C47H31N7/c1-5-14-34(15-6-1)41-44-43(42-40(49-41)22-13-31-48-42)50-45(53(44)38-20-11-4-12-21-38)37-25-23-32(24-26-37)33-27-29-39(30-28-33)54-46(35-16-7-2-8-17-35)51-52-47(54)36-18-9-3-10-19-36/h1-31H. The summed E-state index contributed by atoms with van der Waals surface area (Å²) in [6, 6.07) is 62.2. The van der Waals surface area contributed by atoms with Crippen molar-refractivity contribution in [1.82, 2.24) is 34.3 Å². The Hall–Kier alpha value is -7.51. The fraction of sp³-hybridized carbons (Fsp3) is 0. The van der Waals surface area contributed by atoms with Crippen molar-refractivity contribution in [3.05, 3.63) is 188 Å². The number of pyridine rings is 2. The number of nitrogens with zero attached hydrogens (tertiary/aromatic N) is 7. The Kier molecular flexibility index (Phi) is 7.66. The molecule has 0 fully saturated rings. The van der Waals surface area contributed by atoms with Crippen LogP contribution in [0.2, 0.25) is 0 Å². The number of hydrogen-bond acceptors (Lipinski definition) is 5. The lowest BCUT2D eigenvalue weighted by Gasteiger charge is -2.13. The first-order valence-corrected chi connectivity index (χ1v) is 17.9. The minimum absolute atomic E-state index is 0.777. The maximum absolute atomic E-state index is 5.33. The van der Waals surface area contributed by atoms with Crippen LogP contribution in [-0.2, 0) is 0 Å². The average Bonchev–Trinajstić information content (AvgIpc) is 3.89. The number of aromatic nitrogens is 7. The number of para-hydroxylation sites is 1. The zero-order chi connectivity index (χ0) is 35.8. The van der Waals surface area contributed by atoms with E-state index in [0.29, 0.717) is 0 Å². The van der Waals surface area contributed by atoms with Crippen LogP contribution in [0, 0.1) is 0 Å². The number of rotatable bonds is 7. The molecule has 0 aliphatic heterocycles. The Labute approximate surface area is 311 Å². The molecular formula is C47H31N7. The Morgan fingerprint density at radius 1 is 0.333 bits per heavy atom. The van der Waals surface area contributed by atoms with Gasteiger partial charge in [-0.2, -0.15) is 0 Å². The molecule has 4 heterocycles. The molecule has 0 saturated heterocycles. The maximum atomic E-state index is 5.33. The van der Waals surface area contributed by atoms with Gasteiger partial charge in [0, 0.05) is 39.8 Å². The SMILES string of the molecule is c1ccc(-c2nc3cccnc3c3nc(-c4ccc(-c5ccc(-n6c(-c7ccccc7)nnc6-c6ccccc6)cc5)cc4)n(-c4ccccc4)c23)cc1. The van der Waals surface area contributed by atoms with Crippen LogP contribution in [-0.4, -0.2) is 34.3 Å². The van der Waals surface area contributed by atoms with E-state index in [2.05, 4.69) is 129 Å². The summed E-state index contributed by atoms with van der Waals surface area (Å²) in [6.45, 7) is 0. The van der Waals surface area contributed by atoms with Gasteiger partial charge in [0.15, 0.2) is 11.6 Å². The molecule has 0 spiro atoms. The van der Waals surface area contributed by atoms with Crippen LogP contribution in [0.5, 0.6) is 0 Å². The minimum Gasteiger partial charge on any atom is -0.290 e. The highest BCUT2D eigenvalue weighted by Crippen LogP contribution is 2.38. The number of benzene rings is 6. The second-order valence-corrected chi connectivity index (χ2v) is 13.0. The molecule has 0 atom stereocenters. The van der Waals surface area contributed by atoms with Gasteiger partial charge in [-0.1, -0.05) is 146 Å². The second-order valence-electron chi connectivity index (χ2n) is 13.0. The van der Waals surface area contributed by atoms with Gasteiger partial charge < -0.3 is 0 Å². The van der Waals surface area contributed by atoms with Crippen LogP contribution in [0.1, 0.15) is 0 Å². The molecule has 254 valence electrons. The fourth-order valence-electron chi connectivity index (χ4n) is 7.16. The molecule has 7 heteroatoms. The summed E-state index contributed by atoms with van der Waals surface area (Å²) in [7, 11) is 0. The average molecular weight is 694 g/mol. The minimum atomic E-state index is 0.777. The molecule has 0 aliphatic carbocycles. The lowest BCUT2D eigenvalue weighted by Crippen LogP contribution is -2.00. The van der Waals surface area contributed by atoms with Crippen molar-refractivity contribution in [3.8, 4) is 67.9 Å². The number of fused-ring (bicyclic) bond motifs is 3. The van der Waals surface area contributed by atoms with Crippen LogP contribution < -0.4 is 0 Å². The van der Waals surface area contributed by atoms with E-state index in [1.54, 1.807) is 6.20 Å². The molecule has 0 unspecified atom stereocenters. The van der Waals surface area contributed by atoms with Gasteiger partial charge >= 0.3 is 0 Å². The van der Waals surface area contributed by atoms with E-state index in [9.17, 15) is 0 Å². The van der Waals surface area contributed by atoms with Gasteiger partial charge in [0.25, 0.3) is 0 Å². The third-order valence-electron chi connectivity index (χ3n) is 9.74. The van der Waals surface area contributed by atoms with Crippen molar-refractivity contribution in [2.45, 2.75) is 0 Å². The summed E-state index contributed by atoms with van der Waals surface area (Å²) in [5, 5.41) is 9.28. The second kappa shape index (κ2) is 13.2. The van der Waals surface area contributed by atoms with E-state index < -0.39 is 0 Å². The monoisotopic (exact) mass is 693 g/mol. The molecule has 54 heavy (non-hydrogen) atoms. The smallest absolute Gasteiger partial charge is 0.168 e. The highest BCUT2D eigenvalue weighted by molar-refractivity contribution is 6.07. The van der Waals surface area contributed by atoms with Crippen LogP contribution in [0.25, 0.3) is 90.0 Å². The van der Waals surface area contributed by atoms with E-state index in [4.69, 9.17) is 15.0 Å². The quantitative estimate of drug-likeness (QED) is 0.166. The van der Waals surface area contributed by atoms with Crippen LogP contribution in [0.3, 0.4) is 0 Å². The normalized spacial score (nSPS) is 11.3. The molecule has 0 amide bonds. The largest absolute Gasteiger partial charge is 0.290 e. The van der Waals surface area contributed by atoms with Crippen molar-refractivity contribution in [3.63, 3.8) is 0 Å². The van der Waals surface area contributed by atoms with E-state index in [0.717, 1.165) is 90.0 Å². The van der Waals surface area contributed by atoms with Gasteiger partial charge in [-0.15, -0.1) is 10.2 Å². The first-order chi connectivity index (χ1) is 26.8. The van der Waals surface area contributed by atoms with E-state index in [-0.39, 0.29) is 0 Å². The summed E-state index contributed by atoms with van der Waals surface area (Å²) in [5.74, 6) is 2.41. The Balaban J connectivity index is 1.07. The third-order valence-corrected chi connectivity index (χ3v) is 9.74. The fourth-order valence-corrected chi connectivity index (χ4v) is 7.16. The molecule has 7 nitrogen and oxygen atoms in total. The van der Waals surface area contributed by atoms with E-state index in [1.807, 2.05) is 72.8 Å². The predicted molar refractivity (Wildman–Crippen MR) is 216 cm³/mol. The summed E-state index contributed by atoms with van der Waals surface area (Å²) in [6.07, 6.45) is 1.81. The zero-order valence-electron chi connectivity index (χ0n) is 29.0. The Morgan fingerprint density at radius 2 is 0.815 bits per heavy atom. The summed E-state index contributed by atoms with van der Waals surface area (Å²) in [5.41, 5.74) is 12.4. The van der Waals surface area contributed by atoms with Crippen LogP contribution >= 0.6 is 0 Å². The van der Waals surface area contributed by atoms with Gasteiger partial charge in [-0.25, -0.2) is 9.97 Å².